The molecule has 0 aromatic rings. The van der Waals surface area contributed by atoms with Crippen LogP contribution in [0.25, 0.3) is 0 Å². The molecule has 0 radical (unpaired) electrons. The maximum Gasteiger partial charge on any atom is 0.309 e. The summed E-state index contributed by atoms with van der Waals surface area (Å²) in [5, 5.41) is 9.99. The maximum atomic E-state index is 12.1. The molecule has 26 heavy (non-hydrogen) atoms. The number of rotatable bonds is 3. The number of carboxylic acids is 1. The van der Waals surface area contributed by atoms with Gasteiger partial charge in [-0.05, 0) is 92.8 Å². The molecule has 4 aliphatic carbocycles. The molecule has 0 amide bonds. The van der Waals surface area contributed by atoms with E-state index in [1.54, 1.807) is 0 Å². The van der Waals surface area contributed by atoms with Crippen molar-refractivity contribution in [3.8, 4) is 0 Å². The molecule has 4 saturated carbocycles. The average molecular weight is 363 g/mol. The monoisotopic (exact) mass is 362 g/mol. The quantitative estimate of drug-likeness (QED) is 0.742. The fourth-order valence-electron chi connectivity index (χ4n) is 8.26. The Labute approximate surface area is 157 Å². The van der Waals surface area contributed by atoms with E-state index in [9.17, 15) is 14.7 Å². The van der Waals surface area contributed by atoms with Crippen LogP contribution in [0.2, 0.25) is 0 Å². The molecule has 4 fully saturated rings. The Hall–Kier alpha value is -1.06. The van der Waals surface area contributed by atoms with Gasteiger partial charge in [0.25, 0.3) is 0 Å². The topological polar surface area (TPSA) is 63.6 Å². The number of hydrogen-bond donors (Lipinski definition) is 1. The van der Waals surface area contributed by atoms with Crippen LogP contribution >= 0.6 is 0 Å². The lowest BCUT2D eigenvalue weighted by Gasteiger charge is -2.63. The Kier molecular flexibility index (Phi) is 4.20. The number of carbonyl (C=O) groups excluding carboxylic acids is 1. The van der Waals surface area contributed by atoms with E-state index in [0.29, 0.717) is 35.7 Å². The lowest BCUT2D eigenvalue weighted by Crippen LogP contribution is -2.58. The van der Waals surface area contributed by atoms with E-state index >= 15 is 0 Å². The Bertz CT molecular complexity index is 615. The Morgan fingerprint density at radius 2 is 1.81 bits per heavy atom. The van der Waals surface area contributed by atoms with Gasteiger partial charge in [-0.3, -0.25) is 9.59 Å². The van der Waals surface area contributed by atoms with Gasteiger partial charge in [0.1, 0.15) is 0 Å². The zero-order valence-electron chi connectivity index (χ0n) is 16.6. The molecule has 0 saturated heterocycles. The molecular weight excluding hydrogens is 328 g/mol. The summed E-state index contributed by atoms with van der Waals surface area (Å²) >= 11 is 0. The van der Waals surface area contributed by atoms with E-state index in [1.165, 1.54) is 45.4 Å². The molecule has 7 atom stereocenters. The molecule has 1 N–H and O–H groups in total. The number of hydrogen-bond acceptors (Lipinski definition) is 3. The van der Waals surface area contributed by atoms with Gasteiger partial charge in [-0.2, -0.15) is 0 Å². The molecule has 4 nitrogen and oxygen atoms in total. The van der Waals surface area contributed by atoms with Gasteiger partial charge in [0, 0.05) is 6.92 Å². The molecule has 0 aromatic carbocycles. The van der Waals surface area contributed by atoms with E-state index in [1.807, 2.05) is 6.92 Å². The minimum absolute atomic E-state index is 0.158. The van der Waals surface area contributed by atoms with Crippen molar-refractivity contribution < 1.29 is 19.4 Å². The van der Waals surface area contributed by atoms with Crippen LogP contribution in [0.4, 0.5) is 0 Å². The van der Waals surface area contributed by atoms with E-state index in [4.69, 9.17) is 4.74 Å². The molecule has 2 bridgehead atoms. The molecule has 4 aliphatic rings. The van der Waals surface area contributed by atoms with Gasteiger partial charge in [-0.1, -0.05) is 13.3 Å². The second kappa shape index (κ2) is 5.97. The zero-order chi connectivity index (χ0) is 18.7. The normalized spacial score (nSPS) is 49.8. The van der Waals surface area contributed by atoms with Crippen molar-refractivity contribution in [2.24, 2.45) is 39.9 Å². The maximum absolute atomic E-state index is 12.1. The van der Waals surface area contributed by atoms with Crippen LogP contribution in [-0.4, -0.2) is 23.7 Å². The number of carbonyl (C=O) groups is 2. The van der Waals surface area contributed by atoms with Crippen molar-refractivity contribution in [1.29, 1.82) is 0 Å². The second-order valence-corrected chi connectivity index (χ2v) is 10.4. The highest BCUT2D eigenvalue weighted by Gasteiger charge is 2.65. The highest BCUT2D eigenvalue weighted by atomic mass is 16.5. The second-order valence-electron chi connectivity index (χ2n) is 10.4. The number of carboxylic acid groups (broad SMARTS) is 1. The molecule has 1 spiro atoms. The SMILES string of the molecule is CC(=O)OC[C@H]1C[C@@]23CC[C@H]4[C@@](C)(CCC[C@@]4(C)C(=O)O)[C@@H]2CC[C@@H]1C3. The first-order chi connectivity index (χ1) is 12.2. The fourth-order valence-corrected chi connectivity index (χ4v) is 8.26. The Balaban J connectivity index is 1.61. The van der Waals surface area contributed by atoms with Gasteiger partial charge in [0.2, 0.25) is 0 Å². The number of ether oxygens (including phenoxy) is 1. The number of fused-ring (bicyclic) bond motifs is 3. The summed E-state index contributed by atoms with van der Waals surface area (Å²) in [5.41, 5.74) is -0.0259. The van der Waals surface area contributed by atoms with Gasteiger partial charge in [-0.25, -0.2) is 0 Å². The lowest BCUT2D eigenvalue weighted by atomic mass is 9.41. The third-order valence-electron chi connectivity index (χ3n) is 9.26. The Morgan fingerprint density at radius 3 is 2.50 bits per heavy atom. The van der Waals surface area contributed by atoms with Crippen molar-refractivity contribution in [3.63, 3.8) is 0 Å². The van der Waals surface area contributed by atoms with Crippen molar-refractivity contribution >= 4 is 11.9 Å². The van der Waals surface area contributed by atoms with Gasteiger partial charge in [-0.15, -0.1) is 0 Å². The molecule has 4 heteroatoms. The predicted octanol–water partition coefficient (Wildman–Crippen LogP) is 4.66. The summed E-state index contributed by atoms with van der Waals surface area (Å²) in [6.45, 7) is 6.52. The number of aliphatic carboxylic acids is 1. The van der Waals surface area contributed by atoms with Crippen molar-refractivity contribution in [2.45, 2.75) is 78.6 Å². The first kappa shape index (κ1) is 18.3. The summed E-state index contributed by atoms with van der Waals surface area (Å²) in [4.78, 5) is 23.4. The summed E-state index contributed by atoms with van der Waals surface area (Å²) in [5.74, 6) is 1.41. The largest absolute Gasteiger partial charge is 0.481 e. The van der Waals surface area contributed by atoms with Gasteiger partial charge in [0.15, 0.2) is 0 Å². The zero-order valence-corrected chi connectivity index (χ0v) is 16.6. The summed E-state index contributed by atoms with van der Waals surface area (Å²) < 4.78 is 5.39. The van der Waals surface area contributed by atoms with Gasteiger partial charge < -0.3 is 9.84 Å². The molecule has 0 heterocycles. The van der Waals surface area contributed by atoms with Gasteiger partial charge in [0.05, 0.1) is 12.0 Å². The van der Waals surface area contributed by atoms with E-state index in [-0.39, 0.29) is 11.4 Å². The van der Waals surface area contributed by atoms with E-state index in [2.05, 4.69) is 6.92 Å². The highest BCUT2D eigenvalue weighted by molar-refractivity contribution is 5.75. The Morgan fingerprint density at radius 1 is 1.04 bits per heavy atom. The molecule has 4 rings (SSSR count). The van der Waals surface area contributed by atoms with Crippen LogP contribution in [0.5, 0.6) is 0 Å². The van der Waals surface area contributed by atoms with Crippen LogP contribution < -0.4 is 0 Å². The van der Waals surface area contributed by atoms with Crippen molar-refractivity contribution in [2.75, 3.05) is 6.61 Å². The van der Waals surface area contributed by atoms with Crippen LogP contribution in [0.15, 0.2) is 0 Å². The van der Waals surface area contributed by atoms with Crippen LogP contribution in [0, 0.1) is 39.9 Å². The predicted molar refractivity (Wildman–Crippen MR) is 98.4 cm³/mol. The molecule has 0 aromatic heterocycles. The average Bonchev–Trinajstić information content (AvgIpc) is 2.82. The van der Waals surface area contributed by atoms with Crippen molar-refractivity contribution in [3.05, 3.63) is 0 Å². The van der Waals surface area contributed by atoms with Crippen LogP contribution in [0.1, 0.15) is 78.6 Å². The first-order valence-corrected chi connectivity index (χ1v) is 10.6. The summed E-state index contributed by atoms with van der Waals surface area (Å²) in [6, 6.07) is 0. The molecular formula is C22H34O4. The molecule has 146 valence electrons. The van der Waals surface area contributed by atoms with Crippen molar-refractivity contribution in [1.82, 2.24) is 0 Å². The standard InChI is InChI=1S/C22H34O4/c1-14(23)26-13-16-12-22-10-7-17-20(2,18(22)6-5-15(16)11-22)8-4-9-21(17,3)19(24)25/h15-18H,4-13H2,1-3H3,(H,24,25)/t15-,16-,17+,18+,20-,21-,22+/m1/s1. The minimum atomic E-state index is -0.586. The summed E-state index contributed by atoms with van der Waals surface area (Å²) in [7, 11) is 0. The molecule has 0 aliphatic heterocycles. The minimum Gasteiger partial charge on any atom is -0.481 e. The van der Waals surface area contributed by atoms with E-state index < -0.39 is 11.4 Å². The van der Waals surface area contributed by atoms with E-state index in [0.717, 1.165) is 19.3 Å². The third-order valence-corrected chi connectivity index (χ3v) is 9.26. The first-order valence-electron chi connectivity index (χ1n) is 10.6. The van der Waals surface area contributed by atoms with Crippen LogP contribution in [-0.2, 0) is 14.3 Å². The van der Waals surface area contributed by atoms with Crippen LogP contribution in [0.3, 0.4) is 0 Å². The number of esters is 1. The lowest BCUT2D eigenvalue weighted by molar-refractivity contribution is -0.181. The highest BCUT2D eigenvalue weighted by Crippen LogP contribution is 2.72. The van der Waals surface area contributed by atoms with Gasteiger partial charge >= 0.3 is 11.9 Å². The third kappa shape index (κ3) is 2.46. The molecule has 0 unspecified atom stereocenters. The summed E-state index contributed by atoms with van der Waals surface area (Å²) in [6.07, 6.45) is 10.2. The smallest absolute Gasteiger partial charge is 0.309 e. The fraction of sp³-hybridized carbons (Fsp3) is 0.909.